The van der Waals surface area contributed by atoms with E-state index in [1.165, 1.54) is 148 Å². The van der Waals surface area contributed by atoms with Gasteiger partial charge in [-0.25, -0.2) is 0 Å². The zero-order chi connectivity index (χ0) is 34.5. The van der Waals surface area contributed by atoms with Crippen LogP contribution in [0.1, 0.15) is 212 Å². The molecule has 1 heterocycles. The first-order valence-corrected chi connectivity index (χ1v) is 22.2. The van der Waals surface area contributed by atoms with Crippen molar-refractivity contribution in [3.8, 4) is 0 Å². The number of hydrogen-bond acceptors (Lipinski definition) is 4. The van der Waals surface area contributed by atoms with Crippen molar-refractivity contribution in [2.75, 3.05) is 5.75 Å². The van der Waals surface area contributed by atoms with E-state index in [-0.39, 0.29) is 17.9 Å². The summed E-state index contributed by atoms with van der Waals surface area (Å²) < 4.78 is 0.674. The van der Waals surface area contributed by atoms with Crippen LogP contribution < -0.4 is 0 Å². The lowest BCUT2D eigenvalue weighted by Crippen LogP contribution is -2.42. The van der Waals surface area contributed by atoms with Crippen molar-refractivity contribution in [1.82, 2.24) is 4.90 Å². The van der Waals surface area contributed by atoms with Crippen LogP contribution in [0, 0.1) is 5.92 Å². The van der Waals surface area contributed by atoms with Gasteiger partial charge in [-0.05, 0) is 18.4 Å². The van der Waals surface area contributed by atoms with Crippen LogP contribution in [0.15, 0.2) is 30.3 Å². The second-order valence-corrected chi connectivity index (χ2v) is 16.5. The number of thioether (sulfide) groups is 1. The number of benzene rings is 1. The SMILES string of the molecule is CCCCCCCCCCCCCCCCCC[C@H](C(=O)N1C(=S)SC[C@@H]1c1ccccc1)[C@H](O)CCCCCCCCCCCCC. The highest BCUT2D eigenvalue weighted by Gasteiger charge is 2.40. The van der Waals surface area contributed by atoms with Crippen LogP contribution in [-0.2, 0) is 4.79 Å². The van der Waals surface area contributed by atoms with E-state index in [0.717, 1.165) is 49.8 Å². The summed E-state index contributed by atoms with van der Waals surface area (Å²) in [5.41, 5.74) is 1.14. The first-order chi connectivity index (χ1) is 23.6. The molecule has 1 aliphatic heterocycles. The van der Waals surface area contributed by atoms with Gasteiger partial charge in [0.2, 0.25) is 5.91 Å². The molecule has 0 bridgehead atoms. The predicted octanol–water partition coefficient (Wildman–Crippen LogP) is 13.9. The van der Waals surface area contributed by atoms with Crippen molar-refractivity contribution in [2.45, 2.75) is 212 Å². The molecule has 1 saturated heterocycles. The molecule has 0 radical (unpaired) electrons. The van der Waals surface area contributed by atoms with Gasteiger partial charge in [-0.1, -0.05) is 242 Å². The zero-order valence-corrected chi connectivity index (χ0v) is 33.1. The van der Waals surface area contributed by atoms with Crippen LogP contribution in [0.25, 0.3) is 0 Å². The lowest BCUT2D eigenvalue weighted by Gasteiger charge is -2.30. The third kappa shape index (κ3) is 19.5. The number of nitrogens with zero attached hydrogens (tertiary/aromatic N) is 1. The fourth-order valence-corrected chi connectivity index (χ4v) is 8.80. The molecule has 0 aliphatic carbocycles. The fourth-order valence-electron chi connectivity index (χ4n) is 7.38. The molecule has 2 rings (SSSR count). The maximum Gasteiger partial charge on any atom is 0.234 e. The molecule has 1 aromatic rings. The lowest BCUT2D eigenvalue weighted by atomic mass is 9.89. The van der Waals surface area contributed by atoms with Crippen molar-refractivity contribution >= 4 is 34.2 Å². The highest BCUT2D eigenvalue weighted by atomic mass is 32.2. The summed E-state index contributed by atoms with van der Waals surface area (Å²) in [6, 6.07) is 10.3. The number of aliphatic hydroxyl groups excluding tert-OH is 1. The molecule has 1 fully saturated rings. The van der Waals surface area contributed by atoms with Crippen LogP contribution in [0.3, 0.4) is 0 Å². The highest BCUT2D eigenvalue weighted by Crippen LogP contribution is 2.38. The average molecular weight is 702 g/mol. The summed E-state index contributed by atoms with van der Waals surface area (Å²) in [5.74, 6) is 0.493. The van der Waals surface area contributed by atoms with E-state index in [0.29, 0.717) is 4.32 Å². The van der Waals surface area contributed by atoms with Gasteiger partial charge in [-0.3, -0.25) is 9.69 Å². The summed E-state index contributed by atoms with van der Waals surface area (Å²) in [4.78, 5) is 16.0. The van der Waals surface area contributed by atoms with E-state index >= 15 is 0 Å². The normalized spacial score (nSPS) is 16.1. The Bertz CT molecular complexity index is 909. The van der Waals surface area contributed by atoms with E-state index in [1.807, 2.05) is 23.1 Å². The largest absolute Gasteiger partial charge is 0.392 e. The number of thiocarbonyl (C=S) groups is 1. The summed E-state index contributed by atoms with van der Waals surface area (Å²) >= 11 is 7.33. The Hall–Kier alpha value is -0.910. The van der Waals surface area contributed by atoms with E-state index < -0.39 is 6.10 Å². The Labute approximate surface area is 307 Å². The Morgan fingerprint density at radius 1 is 0.646 bits per heavy atom. The molecule has 1 aliphatic rings. The van der Waals surface area contributed by atoms with E-state index in [9.17, 15) is 9.90 Å². The number of aliphatic hydroxyl groups is 1. The van der Waals surface area contributed by atoms with Crippen molar-refractivity contribution in [3.63, 3.8) is 0 Å². The van der Waals surface area contributed by atoms with Crippen molar-refractivity contribution < 1.29 is 9.90 Å². The molecular weight excluding hydrogens is 627 g/mol. The number of hydrogen-bond donors (Lipinski definition) is 1. The Balaban J connectivity index is 1.71. The van der Waals surface area contributed by atoms with Gasteiger partial charge in [-0.2, -0.15) is 0 Å². The topological polar surface area (TPSA) is 40.5 Å². The van der Waals surface area contributed by atoms with E-state index in [1.54, 1.807) is 11.8 Å². The quantitative estimate of drug-likeness (QED) is 0.0600. The molecule has 1 aromatic carbocycles. The third-order valence-electron chi connectivity index (χ3n) is 10.5. The summed E-state index contributed by atoms with van der Waals surface area (Å²) in [5, 5.41) is 11.5. The first-order valence-electron chi connectivity index (χ1n) is 20.8. The Morgan fingerprint density at radius 2 is 1.02 bits per heavy atom. The molecule has 3 atom stereocenters. The van der Waals surface area contributed by atoms with Gasteiger partial charge in [0.25, 0.3) is 0 Å². The standard InChI is InChI=1S/C43H75NO2S2/c1-3-5-7-9-11-13-15-16-17-18-19-21-22-24-26-31-35-39(41(45)36-32-27-25-23-20-14-12-10-8-6-4-2)42(46)44-40(37-48-43(44)47)38-33-29-28-30-34-38/h28-30,33-34,39-41,45H,3-27,31-32,35-37H2,1-2H3/t39-,40+,41+/m0/s1. The summed E-state index contributed by atoms with van der Waals surface area (Å²) in [6.45, 7) is 4.57. The summed E-state index contributed by atoms with van der Waals surface area (Å²) in [6.07, 6.45) is 36.6. The molecule has 5 heteroatoms. The summed E-state index contributed by atoms with van der Waals surface area (Å²) in [7, 11) is 0. The third-order valence-corrected chi connectivity index (χ3v) is 12.0. The molecule has 0 aromatic heterocycles. The smallest absolute Gasteiger partial charge is 0.234 e. The lowest BCUT2D eigenvalue weighted by molar-refractivity contribution is -0.137. The number of carbonyl (C=O) groups is 1. The van der Waals surface area contributed by atoms with E-state index in [4.69, 9.17) is 12.2 Å². The minimum Gasteiger partial charge on any atom is -0.392 e. The van der Waals surface area contributed by atoms with Gasteiger partial charge in [0.1, 0.15) is 4.32 Å². The zero-order valence-electron chi connectivity index (χ0n) is 31.5. The van der Waals surface area contributed by atoms with Gasteiger partial charge >= 0.3 is 0 Å². The Kier molecular flexibility index (Phi) is 26.8. The Morgan fingerprint density at radius 3 is 1.44 bits per heavy atom. The van der Waals surface area contributed by atoms with Crippen LogP contribution in [0.4, 0.5) is 0 Å². The number of rotatable bonds is 32. The molecule has 276 valence electrons. The van der Waals surface area contributed by atoms with Crippen LogP contribution in [0.5, 0.6) is 0 Å². The van der Waals surface area contributed by atoms with Crippen LogP contribution in [0.2, 0.25) is 0 Å². The van der Waals surface area contributed by atoms with Gasteiger partial charge < -0.3 is 5.11 Å². The average Bonchev–Trinajstić information content (AvgIpc) is 3.49. The van der Waals surface area contributed by atoms with Crippen molar-refractivity contribution in [1.29, 1.82) is 0 Å². The van der Waals surface area contributed by atoms with Gasteiger partial charge in [-0.15, -0.1) is 0 Å². The minimum atomic E-state index is -0.586. The number of unbranched alkanes of at least 4 members (excludes halogenated alkanes) is 25. The molecule has 1 amide bonds. The molecular formula is C43H75NO2S2. The maximum atomic E-state index is 14.1. The van der Waals surface area contributed by atoms with Crippen LogP contribution in [-0.4, -0.2) is 32.1 Å². The minimum absolute atomic E-state index is 0.0290. The monoisotopic (exact) mass is 702 g/mol. The first kappa shape index (κ1) is 43.3. The molecule has 0 spiro atoms. The molecule has 3 nitrogen and oxygen atoms in total. The second-order valence-electron chi connectivity index (χ2n) is 14.8. The van der Waals surface area contributed by atoms with Gasteiger partial charge in [0, 0.05) is 5.75 Å². The second kappa shape index (κ2) is 29.8. The van der Waals surface area contributed by atoms with Gasteiger partial charge in [0.05, 0.1) is 18.1 Å². The maximum absolute atomic E-state index is 14.1. The van der Waals surface area contributed by atoms with Crippen LogP contribution >= 0.6 is 24.0 Å². The van der Waals surface area contributed by atoms with Crippen molar-refractivity contribution in [2.24, 2.45) is 5.92 Å². The van der Waals surface area contributed by atoms with Crippen molar-refractivity contribution in [3.05, 3.63) is 35.9 Å². The molecule has 1 N–H and O–H groups in total. The van der Waals surface area contributed by atoms with E-state index in [2.05, 4.69) is 26.0 Å². The number of amides is 1. The number of carbonyl (C=O) groups excluding carboxylic acids is 1. The van der Waals surface area contributed by atoms with Gasteiger partial charge in [0.15, 0.2) is 0 Å². The predicted molar refractivity (Wildman–Crippen MR) is 216 cm³/mol. The highest BCUT2D eigenvalue weighted by molar-refractivity contribution is 8.23. The molecule has 0 unspecified atom stereocenters. The molecule has 0 saturated carbocycles. The fraction of sp³-hybridized carbons (Fsp3) is 0.814. The molecule has 48 heavy (non-hydrogen) atoms.